The Morgan fingerprint density at radius 2 is 1.79 bits per heavy atom. The summed E-state index contributed by atoms with van der Waals surface area (Å²) in [6.45, 7) is 9.45. The maximum atomic E-state index is 12.9. The highest BCUT2D eigenvalue weighted by Crippen LogP contribution is 2.22. The standard InChI is InChI=1S/C18H28N2O3S/c1-5-6-15(3)18(21)19-9-11-20(12-10-19)24(22,23)17-8-7-14(2)13-16(17)4/h7-8,13,15H,5-6,9-12H2,1-4H3. The average Bonchev–Trinajstić information content (AvgIpc) is 2.54. The quantitative estimate of drug-likeness (QED) is 0.818. The van der Waals surface area contributed by atoms with E-state index >= 15 is 0 Å². The van der Waals surface area contributed by atoms with Crippen LogP contribution in [0.15, 0.2) is 23.1 Å². The van der Waals surface area contributed by atoms with Gasteiger partial charge >= 0.3 is 0 Å². The van der Waals surface area contributed by atoms with Gasteiger partial charge in [0.15, 0.2) is 0 Å². The van der Waals surface area contributed by atoms with Crippen LogP contribution in [-0.4, -0.2) is 49.7 Å². The van der Waals surface area contributed by atoms with Crippen molar-refractivity contribution in [2.45, 2.75) is 45.4 Å². The van der Waals surface area contributed by atoms with Gasteiger partial charge < -0.3 is 4.90 Å². The fraction of sp³-hybridized carbons (Fsp3) is 0.611. The van der Waals surface area contributed by atoms with Gasteiger partial charge in [0.05, 0.1) is 4.90 Å². The van der Waals surface area contributed by atoms with Crippen LogP contribution in [0, 0.1) is 19.8 Å². The molecule has 0 aromatic heterocycles. The van der Waals surface area contributed by atoms with Crippen molar-refractivity contribution in [1.29, 1.82) is 0 Å². The van der Waals surface area contributed by atoms with Crippen LogP contribution in [0.5, 0.6) is 0 Å². The second kappa shape index (κ2) is 7.66. The van der Waals surface area contributed by atoms with Crippen molar-refractivity contribution in [3.8, 4) is 0 Å². The van der Waals surface area contributed by atoms with E-state index < -0.39 is 10.0 Å². The van der Waals surface area contributed by atoms with Gasteiger partial charge in [0, 0.05) is 32.1 Å². The van der Waals surface area contributed by atoms with Crippen molar-refractivity contribution < 1.29 is 13.2 Å². The topological polar surface area (TPSA) is 57.7 Å². The number of hydrogen-bond acceptors (Lipinski definition) is 3. The van der Waals surface area contributed by atoms with E-state index in [1.165, 1.54) is 4.31 Å². The highest BCUT2D eigenvalue weighted by atomic mass is 32.2. The lowest BCUT2D eigenvalue weighted by molar-refractivity contribution is -0.136. The normalized spacial score (nSPS) is 17.8. The van der Waals surface area contributed by atoms with Gasteiger partial charge in [-0.15, -0.1) is 0 Å². The summed E-state index contributed by atoms with van der Waals surface area (Å²) in [6.07, 6.45) is 1.86. The Labute approximate surface area is 145 Å². The number of carbonyl (C=O) groups is 1. The van der Waals surface area contributed by atoms with E-state index in [2.05, 4.69) is 6.92 Å². The summed E-state index contributed by atoms with van der Waals surface area (Å²) in [5, 5.41) is 0. The minimum absolute atomic E-state index is 0.0116. The molecule has 0 saturated carbocycles. The van der Waals surface area contributed by atoms with E-state index in [9.17, 15) is 13.2 Å². The molecule has 1 heterocycles. The SMILES string of the molecule is CCCC(C)C(=O)N1CCN(S(=O)(=O)c2ccc(C)cc2C)CC1. The van der Waals surface area contributed by atoms with Crippen molar-refractivity contribution in [1.82, 2.24) is 9.21 Å². The monoisotopic (exact) mass is 352 g/mol. The molecule has 1 aromatic rings. The molecule has 0 aliphatic carbocycles. The molecule has 24 heavy (non-hydrogen) atoms. The summed E-state index contributed by atoms with van der Waals surface area (Å²) in [4.78, 5) is 14.5. The first-order chi connectivity index (χ1) is 11.3. The number of sulfonamides is 1. The molecule has 5 nitrogen and oxygen atoms in total. The minimum atomic E-state index is -3.49. The predicted octanol–water partition coefficient (Wildman–Crippen LogP) is 2.57. The van der Waals surface area contributed by atoms with Crippen LogP contribution in [0.4, 0.5) is 0 Å². The summed E-state index contributed by atoms with van der Waals surface area (Å²) in [6, 6.07) is 5.39. The highest BCUT2D eigenvalue weighted by molar-refractivity contribution is 7.89. The Morgan fingerprint density at radius 3 is 2.33 bits per heavy atom. The first kappa shape index (κ1) is 18.9. The van der Waals surface area contributed by atoms with Crippen LogP contribution in [-0.2, 0) is 14.8 Å². The Morgan fingerprint density at radius 1 is 1.17 bits per heavy atom. The number of rotatable bonds is 5. The Balaban J connectivity index is 2.07. The van der Waals surface area contributed by atoms with Crippen LogP contribution in [0.3, 0.4) is 0 Å². The number of benzene rings is 1. The van der Waals surface area contributed by atoms with Gasteiger partial charge in [-0.3, -0.25) is 4.79 Å². The number of aryl methyl sites for hydroxylation is 2. The van der Waals surface area contributed by atoms with Crippen LogP contribution in [0.1, 0.15) is 37.8 Å². The molecule has 0 radical (unpaired) electrons. The van der Waals surface area contributed by atoms with Crippen molar-refractivity contribution >= 4 is 15.9 Å². The third kappa shape index (κ3) is 3.98. The Hall–Kier alpha value is -1.40. The van der Waals surface area contributed by atoms with E-state index in [1.807, 2.05) is 32.9 Å². The summed E-state index contributed by atoms with van der Waals surface area (Å²) >= 11 is 0. The van der Waals surface area contributed by atoms with Crippen LogP contribution in [0.2, 0.25) is 0 Å². The molecule has 0 N–H and O–H groups in total. The first-order valence-electron chi connectivity index (χ1n) is 8.63. The molecular weight excluding hydrogens is 324 g/mol. The van der Waals surface area contributed by atoms with Gasteiger partial charge in [-0.05, 0) is 31.9 Å². The predicted molar refractivity (Wildman–Crippen MR) is 95.3 cm³/mol. The number of amides is 1. The molecule has 1 aromatic carbocycles. The smallest absolute Gasteiger partial charge is 0.243 e. The summed E-state index contributed by atoms with van der Waals surface area (Å²) in [5.41, 5.74) is 1.82. The Bertz CT molecular complexity index is 692. The van der Waals surface area contributed by atoms with Gasteiger partial charge in [-0.1, -0.05) is 38.0 Å². The van der Waals surface area contributed by atoms with E-state index in [4.69, 9.17) is 0 Å². The zero-order valence-corrected chi connectivity index (χ0v) is 15.9. The zero-order valence-electron chi connectivity index (χ0n) is 15.1. The average molecular weight is 353 g/mol. The molecule has 2 rings (SSSR count). The molecular formula is C18H28N2O3S. The Kier molecular flexibility index (Phi) is 6.04. The summed E-state index contributed by atoms with van der Waals surface area (Å²) in [7, 11) is -3.49. The third-order valence-corrected chi connectivity index (χ3v) is 6.70. The van der Waals surface area contributed by atoms with Gasteiger partial charge in [0.25, 0.3) is 0 Å². The summed E-state index contributed by atoms with van der Waals surface area (Å²) < 4.78 is 27.2. The summed E-state index contributed by atoms with van der Waals surface area (Å²) in [5.74, 6) is 0.151. The maximum Gasteiger partial charge on any atom is 0.243 e. The first-order valence-corrected chi connectivity index (χ1v) is 10.1. The second-order valence-electron chi connectivity index (χ2n) is 6.69. The molecule has 0 spiro atoms. The fourth-order valence-corrected chi connectivity index (χ4v) is 4.87. The van der Waals surface area contributed by atoms with Crippen LogP contribution < -0.4 is 0 Å². The van der Waals surface area contributed by atoms with Gasteiger partial charge in [-0.25, -0.2) is 8.42 Å². The van der Waals surface area contributed by atoms with E-state index in [0.717, 1.165) is 24.0 Å². The van der Waals surface area contributed by atoms with Crippen molar-refractivity contribution in [2.75, 3.05) is 26.2 Å². The largest absolute Gasteiger partial charge is 0.340 e. The van der Waals surface area contributed by atoms with Crippen LogP contribution >= 0.6 is 0 Å². The molecule has 134 valence electrons. The van der Waals surface area contributed by atoms with E-state index in [0.29, 0.717) is 31.1 Å². The van der Waals surface area contributed by atoms with Gasteiger partial charge in [-0.2, -0.15) is 4.31 Å². The zero-order chi connectivity index (χ0) is 17.9. The lowest BCUT2D eigenvalue weighted by Gasteiger charge is -2.35. The second-order valence-corrected chi connectivity index (χ2v) is 8.59. The number of piperazine rings is 1. The molecule has 1 aliphatic rings. The maximum absolute atomic E-state index is 12.9. The number of hydrogen-bond donors (Lipinski definition) is 0. The lowest BCUT2D eigenvalue weighted by atomic mass is 10.0. The molecule has 6 heteroatoms. The van der Waals surface area contributed by atoms with E-state index in [-0.39, 0.29) is 11.8 Å². The molecule has 0 bridgehead atoms. The molecule has 1 fully saturated rings. The fourth-order valence-electron chi connectivity index (χ4n) is 3.24. The van der Waals surface area contributed by atoms with E-state index in [1.54, 1.807) is 11.0 Å². The molecule has 1 aliphatic heterocycles. The number of carbonyl (C=O) groups excluding carboxylic acids is 1. The lowest BCUT2D eigenvalue weighted by Crippen LogP contribution is -2.51. The van der Waals surface area contributed by atoms with Crippen molar-refractivity contribution in [3.63, 3.8) is 0 Å². The van der Waals surface area contributed by atoms with Gasteiger partial charge in [0.2, 0.25) is 15.9 Å². The third-order valence-electron chi connectivity index (χ3n) is 4.64. The van der Waals surface area contributed by atoms with Crippen LogP contribution in [0.25, 0.3) is 0 Å². The molecule has 1 amide bonds. The molecule has 1 atom stereocenters. The number of nitrogens with zero attached hydrogens (tertiary/aromatic N) is 2. The highest BCUT2D eigenvalue weighted by Gasteiger charge is 2.31. The molecule has 1 saturated heterocycles. The molecule has 1 unspecified atom stereocenters. The van der Waals surface area contributed by atoms with Crippen molar-refractivity contribution in [2.24, 2.45) is 5.92 Å². The minimum Gasteiger partial charge on any atom is -0.340 e. The van der Waals surface area contributed by atoms with Gasteiger partial charge in [0.1, 0.15) is 0 Å². The van der Waals surface area contributed by atoms with Crippen molar-refractivity contribution in [3.05, 3.63) is 29.3 Å².